The van der Waals surface area contributed by atoms with Crippen molar-refractivity contribution in [1.29, 1.82) is 0 Å². The second-order valence-electron chi connectivity index (χ2n) is 7.53. The topological polar surface area (TPSA) is 80.9 Å². The first-order valence-corrected chi connectivity index (χ1v) is 11.1. The van der Waals surface area contributed by atoms with Crippen LogP contribution < -0.4 is 5.32 Å². The fourth-order valence-electron chi connectivity index (χ4n) is 3.08. The Hall–Kier alpha value is -3.32. The fourth-order valence-corrected chi connectivity index (χ4v) is 3.88. The lowest BCUT2D eigenvalue weighted by atomic mass is 10.0. The van der Waals surface area contributed by atoms with Crippen LogP contribution in [0.3, 0.4) is 0 Å². The van der Waals surface area contributed by atoms with Gasteiger partial charge in [0.2, 0.25) is 5.91 Å². The van der Waals surface area contributed by atoms with E-state index in [-0.39, 0.29) is 5.91 Å². The number of amides is 1. The van der Waals surface area contributed by atoms with Crippen LogP contribution >= 0.6 is 11.3 Å². The quantitative estimate of drug-likeness (QED) is 0.412. The highest BCUT2D eigenvalue weighted by Gasteiger charge is 2.11. The molecule has 1 amide bonds. The molecule has 3 aromatic heterocycles. The van der Waals surface area contributed by atoms with E-state index in [0.717, 1.165) is 27.7 Å². The molecule has 3 heterocycles. The molecule has 0 aliphatic rings. The number of nitrogens with one attached hydrogen (secondary N) is 1. The summed E-state index contributed by atoms with van der Waals surface area (Å²) in [6.45, 7) is 4.72. The normalized spacial score (nSPS) is 11.1. The number of thiazole rings is 1. The highest BCUT2D eigenvalue weighted by Crippen LogP contribution is 2.24. The van der Waals surface area contributed by atoms with Gasteiger partial charge >= 0.3 is 0 Å². The lowest BCUT2D eigenvalue weighted by Crippen LogP contribution is -2.23. The maximum absolute atomic E-state index is 12.2. The second kappa shape index (κ2) is 9.66. The second-order valence-corrected chi connectivity index (χ2v) is 8.39. The van der Waals surface area contributed by atoms with Crippen LogP contribution in [0.25, 0.3) is 22.0 Å². The maximum Gasteiger partial charge on any atom is 0.220 e. The zero-order valence-electron chi connectivity index (χ0n) is 17.5. The molecule has 0 atom stereocenters. The Morgan fingerprint density at radius 3 is 2.71 bits per heavy atom. The zero-order chi connectivity index (χ0) is 21.6. The largest absolute Gasteiger partial charge is 0.441 e. The van der Waals surface area contributed by atoms with E-state index < -0.39 is 0 Å². The smallest absolute Gasteiger partial charge is 0.220 e. The van der Waals surface area contributed by atoms with Crippen molar-refractivity contribution >= 4 is 17.2 Å². The molecule has 0 unspecified atom stereocenters. The molecule has 0 fully saturated rings. The fraction of sp³-hybridized carbons (Fsp3) is 0.250. The van der Waals surface area contributed by atoms with Crippen molar-refractivity contribution in [2.45, 2.75) is 39.2 Å². The minimum atomic E-state index is -0.0616. The lowest BCUT2D eigenvalue weighted by molar-refractivity contribution is -0.121. The van der Waals surface area contributed by atoms with E-state index in [4.69, 9.17) is 4.42 Å². The van der Waals surface area contributed by atoms with E-state index in [0.29, 0.717) is 31.2 Å². The molecule has 0 spiro atoms. The summed E-state index contributed by atoms with van der Waals surface area (Å²) in [6.07, 6.45) is 4.22. The summed E-state index contributed by atoms with van der Waals surface area (Å²) in [4.78, 5) is 25.4. The molecular formula is C24H24N4O2S. The van der Waals surface area contributed by atoms with Crippen LogP contribution in [0.5, 0.6) is 0 Å². The van der Waals surface area contributed by atoms with E-state index >= 15 is 0 Å². The molecule has 0 saturated heterocycles. The predicted octanol–water partition coefficient (Wildman–Crippen LogP) is 5.23. The Morgan fingerprint density at radius 2 is 1.97 bits per heavy atom. The third kappa shape index (κ3) is 5.44. The van der Waals surface area contributed by atoms with Gasteiger partial charge in [0.25, 0.3) is 0 Å². The highest BCUT2D eigenvalue weighted by molar-refractivity contribution is 7.13. The van der Waals surface area contributed by atoms with Crippen LogP contribution in [0.15, 0.2) is 64.7 Å². The molecule has 0 radical (unpaired) electrons. The van der Waals surface area contributed by atoms with E-state index in [1.165, 1.54) is 16.9 Å². The van der Waals surface area contributed by atoms with Gasteiger partial charge in [-0.25, -0.2) is 9.97 Å². The van der Waals surface area contributed by atoms with Crippen molar-refractivity contribution in [2.75, 3.05) is 0 Å². The number of aryl methyl sites for hydroxylation is 1. The molecule has 4 rings (SSSR count). The molecule has 0 aliphatic heterocycles. The number of carbonyl (C=O) groups is 1. The first-order valence-electron chi connectivity index (χ1n) is 10.3. The first kappa shape index (κ1) is 20.9. The van der Waals surface area contributed by atoms with Gasteiger partial charge in [-0.15, -0.1) is 11.3 Å². The van der Waals surface area contributed by atoms with Gasteiger partial charge in [-0.05, 0) is 23.6 Å². The summed E-state index contributed by atoms with van der Waals surface area (Å²) in [5, 5.41) is 5.69. The van der Waals surface area contributed by atoms with Gasteiger partial charge in [-0.1, -0.05) is 44.2 Å². The van der Waals surface area contributed by atoms with Gasteiger partial charge in [0, 0.05) is 30.0 Å². The van der Waals surface area contributed by atoms with E-state index in [2.05, 4.69) is 46.2 Å². The number of hydrogen-bond acceptors (Lipinski definition) is 6. The molecule has 0 aliphatic carbocycles. The Bertz CT molecular complexity index is 1130. The number of rotatable bonds is 8. The van der Waals surface area contributed by atoms with Gasteiger partial charge in [-0.2, -0.15) is 0 Å². The minimum Gasteiger partial charge on any atom is -0.441 e. The molecule has 1 aromatic carbocycles. The first-order chi connectivity index (χ1) is 15.1. The average molecular weight is 433 g/mol. The molecule has 0 saturated carbocycles. The Balaban J connectivity index is 1.26. The molecule has 31 heavy (non-hydrogen) atoms. The number of aromatic nitrogens is 3. The number of pyridine rings is 1. The third-order valence-electron chi connectivity index (χ3n) is 4.88. The van der Waals surface area contributed by atoms with Gasteiger partial charge in [-0.3, -0.25) is 9.78 Å². The zero-order valence-corrected chi connectivity index (χ0v) is 18.4. The molecule has 7 heteroatoms. The number of carbonyl (C=O) groups excluding carboxylic acids is 1. The van der Waals surface area contributed by atoms with Crippen molar-refractivity contribution in [3.8, 4) is 22.0 Å². The van der Waals surface area contributed by atoms with E-state index in [9.17, 15) is 4.79 Å². The summed E-state index contributed by atoms with van der Waals surface area (Å²) in [5.41, 5.74) is 3.93. The SMILES string of the molecule is CC(C)c1ccc(-c2cnc(CCC(=O)NCc3csc(-c4ccccn4)n3)o2)cc1. The lowest BCUT2D eigenvalue weighted by Gasteiger charge is -2.05. The summed E-state index contributed by atoms with van der Waals surface area (Å²) >= 11 is 1.52. The van der Waals surface area contributed by atoms with Crippen LogP contribution in [0.2, 0.25) is 0 Å². The summed E-state index contributed by atoms with van der Waals surface area (Å²) < 4.78 is 5.83. The Labute approximate surface area is 185 Å². The summed E-state index contributed by atoms with van der Waals surface area (Å²) in [6, 6.07) is 14.0. The van der Waals surface area contributed by atoms with Crippen molar-refractivity contribution in [2.24, 2.45) is 0 Å². The van der Waals surface area contributed by atoms with Crippen LogP contribution in [0.4, 0.5) is 0 Å². The van der Waals surface area contributed by atoms with Crippen molar-refractivity contribution in [1.82, 2.24) is 20.3 Å². The molecule has 1 N–H and O–H groups in total. The van der Waals surface area contributed by atoms with Crippen molar-refractivity contribution in [3.63, 3.8) is 0 Å². The maximum atomic E-state index is 12.2. The van der Waals surface area contributed by atoms with E-state index in [1.54, 1.807) is 12.4 Å². The number of benzene rings is 1. The van der Waals surface area contributed by atoms with Crippen LogP contribution in [-0.4, -0.2) is 20.9 Å². The van der Waals surface area contributed by atoms with Gasteiger partial charge in [0.15, 0.2) is 11.7 Å². The molecular weight excluding hydrogens is 408 g/mol. The monoisotopic (exact) mass is 432 g/mol. The van der Waals surface area contributed by atoms with Gasteiger partial charge in [0.05, 0.1) is 24.1 Å². The molecule has 0 bridgehead atoms. The standard InChI is InChI=1S/C24H24N4O2S/c1-16(2)17-6-8-18(9-7-17)21-14-27-23(30-21)11-10-22(29)26-13-19-15-31-24(28-19)20-5-3-4-12-25-20/h3-9,12,14-16H,10-11,13H2,1-2H3,(H,26,29). The Morgan fingerprint density at radius 1 is 1.13 bits per heavy atom. The minimum absolute atomic E-state index is 0.0616. The Kier molecular flexibility index (Phi) is 6.52. The number of nitrogens with zero attached hydrogens (tertiary/aromatic N) is 3. The predicted molar refractivity (Wildman–Crippen MR) is 122 cm³/mol. The van der Waals surface area contributed by atoms with Crippen molar-refractivity contribution < 1.29 is 9.21 Å². The summed E-state index contributed by atoms with van der Waals surface area (Å²) in [5.74, 6) is 1.71. The van der Waals surface area contributed by atoms with Crippen LogP contribution in [-0.2, 0) is 17.8 Å². The molecule has 6 nitrogen and oxygen atoms in total. The van der Waals surface area contributed by atoms with E-state index in [1.807, 2.05) is 35.7 Å². The number of hydrogen-bond donors (Lipinski definition) is 1. The van der Waals surface area contributed by atoms with Gasteiger partial charge < -0.3 is 9.73 Å². The number of oxazole rings is 1. The van der Waals surface area contributed by atoms with Crippen LogP contribution in [0.1, 0.15) is 43.3 Å². The van der Waals surface area contributed by atoms with Crippen LogP contribution in [0, 0.1) is 0 Å². The molecule has 4 aromatic rings. The summed E-state index contributed by atoms with van der Waals surface area (Å²) in [7, 11) is 0. The third-order valence-corrected chi connectivity index (χ3v) is 5.80. The average Bonchev–Trinajstić information content (AvgIpc) is 3.47. The van der Waals surface area contributed by atoms with Gasteiger partial charge in [0.1, 0.15) is 5.01 Å². The highest BCUT2D eigenvalue weighted by atomic mass is 32.1. The van der Waals surface area contributed by atoms with Crippen molar-refractivity contribution in [3.05, 3.63) is 77.4 Å². The molecule has 158 valence electrons.